The summed E-state index contributed by atoms with van der Waals surface area (Å²) in [6, 6.07) is 7.99. The fourth-order valence-corrected chi connectivity index (χ4v) is 3.28. The number of hydrogen-bond donors (Lipinski definition) is 1. The molecule has 0 unspecified atom stereocenters. The van der Waals surface area contributed by atoms with Crippen molar-refractivity contribution in [1.82, 2.24) is 5.32 Å². The summed E-state index contributed by atoms with van der Waals surface area (Å²) < 4.78 is 5.42. The van der Waals surface area contributed by atoms with Crippen LogP contribution in [0.1, 0.15) is 5.56 Å². The van der Waals surface area contributed by atoms with Crippen LogP contribution in [0.25, 0.3) is 6.08 Å². The third-order valence-corrected chi connectivity index (χ3v) is 4.57. The number of ether oxygens (including phenoxy) is 1. The number of hydrogen-bond acceptors (Lipinski definition) is 4. The number of nitrogens with one attached hydrogen (secondary N) is 1. The lowest BCUT2D eigenvalue weighted by molar-refractivity contribution is -0.122. The van der Waals surface area contributed by atoms with Gasteiger partial charge in [-0.15, -0.1) is 6.42 Å². The summed E-state index contributed by atoms with van der Waals surface area (Å²) in [5.74, 6) is 0.747. The summed E-state index contributed by atoms with van der Waals surface area (Å²) in [4.78, 5) is 38.3. The SMILES string of the molecule is C#CCOc1c(Cl)cc(Cl)cc1/C=C1\C(=O)NC(=O)N(c2ccc(Cl)cc2)C1=O. The summed E-state index contributed by atoms with van der Waals surface area (Å²) in [5, 5.41) is 2.95. The number of barbiturate groups is 1. The minimum absolute atomic E-state index is 0.0902. The molecule has 3 rings (SSSR count). The first kappa shape index (κ1) is 20.7. The molecule has 1 fully saturated rings. The second-order valence-corrected chi connectivity index (χ2v) is 7.01. The van der Waals surface area contributed by atoms with E-state index in [4.69, 9.17) is 46.0 Å². The molecule has 1 aliphatic rings. The van der Waals surface area contributed by atoms with Crippen molar-refractivity contribution in [2.45, 2.75) is 0 Å². The number of benzene rings is 2. The summed E-state index contributed by atoms with van der Waals surface area (Å²) in [6.07, 6.45) is 6.44. The van der Waals surface area contributed by atoms with E-state index in [0.29, 0.717) is 5.02 Å². The van der Waals surface area contributed by atoms with Crippen molar-refractivity contribution >= 4 is 64.4 Å². The first-order valence-corrected chi connectivity index (χ1v) is 9.17. The van der Waals surface area contributed by atoms with Crippen LogP contribution in [0.3, 0.4) is 0 Å². The van der Waals surface area contributed by atoms with E-state index in [9.17, 15) is 14.4 Å². The predicted molar refractivity (Wildman–Crippen MR) is 111 cm³/mol. The van der Waals surface area contributed by atoms with Crippen LogP contribution < -0.4 is 15.0 Å². The summed E-state index contributed by atoms with van der Waals surface area (Å²) >= 11 is 18.0. The topological polar surface area (TPSA) is 75.7 Å². The molecule has 4 amide bonds. The van der Waals surface area contributed by atoms with Gasteiger partial charge in [-0.3, -0.25) is 14.9 Å². The molecule has 0 bridgehead atoms. The molecule has 1 N–H and O–H groups in total. The van der Waals surface area contributed by atoms with E-state index in [2.05, 4.69) is 11.2 Å². The monoisotopic (exact) mass is 448 g/mol. The van der Waals surface area contributed by atoms with Crippen molar-refractivity contribution in [2.75, 3.05) is 11.5 Å². The first-order valence-electron chi connectivity index (χ1n) is 8.04. The maximum absolute atomic E-state index is 12.9. The fraction of sp³-hybridized carbons (Fsp3) is 0.0500. The number of anilines is 1. The van der Waals surface area contributed by atoms with Crippen LogP contribution in [0, 0.1) is 12.3 Å². The largest absolute Gasteiger partial charge is 0.479 e. The van der Waals surface area contributed by atoms with Crippen LogP contribution in [-0.2, 0) is 9.59 Å². The minimum Gasteiger partial charge on any atom is -0.479 e. The second-order valence-electron chi connectivity index (χ2n) is 5.73. The lowest BCUT2D eigenvalue weighted by atomic mass is 10.1. The van der Waals surface area contributed by atoms with Gasteiger partial charge in [-0.05, 0) is 42.5 Å². The van der Waals surface area contributed by atoms with E-state index in [1.165, 1.54) is 42.5 Å². The molecule has 2 aromatic carbocycles. The third-order valence-electron chi connectivity index (χ3n) is 3.82. The maximum Gasteiger partial charge on any atom is 0.335 e. The van der Waals surface area contributed by atoms with Gasteiger partial charge < -0.3 is 4.74 Å². The van der Waals surface area contributed by atoms with Crippen molar-refractivity contribution in [2.24, 2.45) is 0 Å². The highest BCUT2D eigenvalue weighted by molar-refractivity contribution is 6.40. The molecule has 0 spiro atoms. The zero-order valence-electron chi connectivity index (χ0n) is 14.5. The molecule has 29 heavy (non-hydrogen) atoms. The lowest BCUT2D eigenvalue weighted by Gasteiger charge is -2.26. The van der Waals surface area contributed by atoms with Crippen molar-refractivity contribution in [1.29, 1.82) is 0 Å². The smallest absolute Gasteiger partial charge is 0.335 e. The molecule has 1 heterocycles. The number of rotatable bonds is 4. The molecule has 9 heteroatoms. The number of nitrogens with zero attached hydrogens (tertiary/aromatic N) is 1. The minimum atomic E-state index is -0.882. The zero-order valence-corrected chi connectivity index (χ0v) is 16.8. The van der Waals surface area contributed by atoms with Crippen molar-refractivity contribution < 1.29 is 19.1 Å². The first-order chi connectivity index (χ1) is 13.8. The number of amides is 4. The Hall–Kier alpha value is -2.98. The van der Waals surface area contributed by atoms with Crippen LogP contribution in [0.5, 0.6) is 5.75 Å². The highest BCUT2D eigenvalue weighted by Crippen LogP contribution is 2.34. The summed E-state index contributed by atoms with van der Waals surface area (Å²) in [5.41, 5.74) is 0.174. The van der Waals surface area contributed by atoms with E-state index < -0.39 is 17.8 Å². The Kier molecular flexibility index (Phi) is 6.14. The van der Waals surface area contributed by atoms with E-state index in [1.54, 1.807) is 0 Å². The Bertz CT molecular complexity index is 1090. The molecular weight excluding hydrogens is 439 g/mol. The molecular formula is C20H11Cl3N2O4. The molecule has 2 aromatic rings. The second kappa shape index (κ2) is 8.58. The van der Waals surface area contributed by atoms with Gasteiger partial charge >= 0.3 is 6.03 Å². The number of carbonyl (C=O) groups excluding carboxylic acids is 3. The molecule has 0 saturated carbocycles. The van der Waals surface area contributed by atoms with Gasteiger partial charge in [-0.25, -0.2) is 9.69 Å². The van der Waals surface area contributed by atoms with Crippen LogP contribution in [0.2, 0.25) is 15.1 Å². The average Bonchev–Trinajstić information content (AvgIpc) is 2.65. The van der Waals surface area contributed by atoms with E-state index >= 15 is 0 Å². The Labute approximate surface area is 181 Å². The van der Waals surface area contributed by atoms with Crippen LogP contribution >= 0.6 is 34.8 Å². The number of carbonyl (C=O) groups is 3. The van der Waals surface area contributed by atoms with Gasteiger partial charge in [-0.1, -0.05) is 40.7 Å². The van der Waals surface area contributed by atoms with Crippen molar-refractivity contribution in [3.63, 3.8) is 0 Å². The fourth-order valence-electron chi connectivity index (χ4n) is 2.59. The van der Waals surface area contributed by atoms with Gasteiger partial charge in [0.05, 0.1) is 10.7 Å². The predicted octanol–water partition coefficient (Wildman–Crippen LogP) is 4.33. The number of terminal acetylenes is 1. The molecule has 1 saturated heterocycles. The van der Waals surface area contributed by atoms with Gasteiger partial charge in [-0.2, -0.15) is 0 Å². The quantitative estimate of drug-likeness (QED) is 0.428. The number of imide groups is 2. The highest BCUT2D eigenvalue weighted by Gasteiger charge is 2.37. The van der Waals surface area contributed by atoms with Gasteiger partial charge in [0.25, 0.3) is 11.8 Å². The highest BCUT2D eigenvalue weighted by atomic mass is 35.5. The number of halogens is 3. The molecule has 146 valence electrons. The van der Waals surface area contributed by atoms with Crippen molar-refractivity contribution in [3.8, 4) is 18.1 Å². The normalized spacial score (nSPS) is 15.3. The number of urea groups is 1. The third kappa shape index (κ3) is 4.38. The van der Waals surface area contributed by atoms with Crippen LogP contribution in [0.15, 0.2) is 42.0 Å². The van der Waals surface area contributed by atoms with Gasteiger partial charge in [0.2, 0.25) is 0 Å². The Balaban J connectivity index is 2.08. The van der Waals surface area contributed by atoms with Crippen LogP contribution in [0.4, 0.5) is 10.5 Å². The van der Waals surface area contributed by atoms with Gasteiger partial charge in [0, 0.05) is 15.6 Å². The molecule has 0 atom stereocenters. The molecule has 1 aliphatic heterocycles. The Morgan fingerprint density at radius 3 is 2.41 bits per heavy atom. The van der Waals surface area contributed by atoms with Gasteiger partial charge in [0.1, 0.15) is 17.9 Å². The summed E-state index contributed by atoms with van der Waals surface area (Å²) in [7, 11) is 0. The molecule has 0 aromatic heterocycles. The molecule has 0 aliphatic carbocycles. The molecule has 6 nitrogen and oxygen atoms in total. The molecule has 0 radical (unpaired) electrons. The summed E-state index contributed by atoms with van der Waals surface area (Å²) in [6.45, 7) is -0.0902. The Morgan fingerprint density at radius 1 is 1.07 bits per heavy atom. The standard InChI is InChI=1S/C20H11Cl3N2O4/c1-2-7-29-17-11(8-13(22)10-16(17)23)9-15-18(26)24-20(28)25(19(15)27)14-5-3-12(21)4-6-14/h1,3-6,8-10H,7H2,(H,24,26,28)/b15-9+. The van der Waals surface area contributed by atoms with E-state index in [-0.39, 0.29) is 39.2 Å². The van der Waals surface area contributed by atoms with Crippen molar-refractivity contribution in [3.05, 3.63) is 62.6 Å². The Morgan fingerprint density at radius 2 is 1.76 bits per heavy atom. The van der Waals surface area contributed by atoms with Crippen LogP contribution in [-0.4, -0.2) is 24.5 Å². The maximum atomic E-state index is 12.9. The van der Waals surface area contributed by atoms with Gasteiger partial charge in [0.15, 0.2) is 0 Å². The van der Waals surface area contributed by atoms with E-state index in [1.807, 2.05) is 0 Å². The zero-order chi connectivity index (χ0) is 21.1. The van der Waals surface area contributed by atoms with E-state index in [0.717, 1.165) is 4.90 Å². The average molecular weight is 450 g/mol. The lowest BCUT2D eigenvalue weighted by Crippen LogP contribution is -2.54.